The molecule has 2 aromatic rings. The molecule has 0 aliphatic heterocycles. The fraction of sp³-hybridized carbons (Fsp3) is 0.286. The van der Waals surface area contributed by atoms with Crippen molar-refractivity contribution in [3.8, 4) is 0 Å². The van der Waals surface area contributed by atoms with Gasteiger partial charge in [-0.3, -0.25) is 4.79 Å². The van der Waals surface area contributed by atoms with Crippen molar-refractivity contribution in [1.82, 2.24) is 4.98 Å². The zero-order chi connectivity index (χ0) is 13.0. The van der Waals surface area contributed by atoms with E-state index in [0.717, 1.165) is 22.0 Å². The van der Waals surface area contributed by atoms with Crippen molar-refractivity contribution in [2.75, 3.05) is 5.32 Å². The molecule has 94 valence electrons. The standard InChI is InChI=1S/C14H16N2OS/c1-3-14(17)11-4-6-12(7-5-11)15-8-13-9-18-10(2)16-13/h4-7,9,15H,3,8H2,1-2H3. The molecule has 0 amide bonds. The van der Waals surface area contributed by atoms with Crippen LogP contribution in [0.5, 0.6) is 0 Å². The summed E-state index contributed by atoms with van der Waals surface area (Å²) >= 11 is 1.65. The highest BCUT2D eigenvalue weighted by Gasteiger charge is 2.02. The largest absolute Gasteiger partial charge is 0.379 e. The fourth-order valence-electron chi connectivity index (χ4n) is 1.66. The number of benzene rings is 1. The number of aromatic nitrogens is 1. The van der Waals surface area contributed by atoms with Crippen LogP contribution in [0.25, 0.3) is 0 Å². The second-order valence-corrected chi connectivity index (χ2v) is 5.13. The van der Waals surface area contributed by atoms with E-state index in [1.807, 2.05) is 38.1 Å². The van der Waals surface area contributed by atoms with Gasteiger partial charge in [-0.1, -0.05) is 6.92 Å². The molecule has 0 aliphatic carbocycles. The molecule has 2 rings (SSSR count). The second kappa shape index (κ2) is 5.78. The van der Waals surface area contributed by atoms with E-state index in [-0.39, 0.29) is 5.78 Å². The summed E-state index contributed by atoms with van der Waals surface area (Å²) in [5.74, 6) is 0.177. The smallest absolute Gasteiger partial charge is 0.162 e. The molecule has 1 aromatic carbocycles. The molecule has 3 nitrogen and oxygen atoms in total. The average molecular weight is 260 g/mol. The summed E-state index contributed by atoms with van der Waals surface area (Å²) in [6.07, 6.45) is 0.547. The first-order valence-electron chi connectivity index (χ1n) is 5.97. The lowest BCUT2D eigenvalue weighted by Crippen LogP contribution is -2.01. The minimum atomic E-state index is 0.177. The van der Waals surface area contributed by atoms with E-state index in [0.29, 0.717) is 13.0 Å². The molecule has 4 heteroatoms. The number of aryl methyl sites for hydroxylation is 1. The lowest BCUT2D eigenvalue weighted by Gasteiger charge is -2.05. The molecular formula is C14H16N2OS. The zero-order valence-corrected chi connectivity index (χ0v) is 11.4. The number of hydrogen-bond donors (Lipinski definition) is 1. The molecule has 0 spiro atoms. The van der Waals surface area contributed by atoms with Gasteiger partial charge >= 0.3 is 0 Å². The Morgan fingerprint density at radius 1 is 1.33 bits per heavy atom. The summed E-state index contributed by atoms with van der Waals surface area (Å²) in [5, 5.41) is 6.42. The minimum absolute atomic E-state index is 0.177. The molecule has 0 saturated carbocycles. The Hall–Kier alpha value is -1.68. The molecule has 0 saturated heterocycles. The predicted molar refractivity (Wildman–Crippen MR) is 75.2 cm³/mol. The molecule has 18 heavy (non-hydrogen) atoms. The van der Waals surface area contributed by atoms with Gasteiger partial charge in [0.15, 0.2) is 5.78 Å². The SMILES string of the molecule is CCC(=O)c1ccc(NCc2csc(C)n2)cc1. The first-order valence-corrected chi connectivity index (χ1v) is 6.85. The Labute approximate surface area is 111 Å². The van der Waals surface area contributed by atoms with Crippen LogP contribution in [-0.4, -0.2) is 10.8 Å². The van der Waals surface area contributed by atoms with Crippen LogP contribution in [0.4, 0.5) is 5.69 Å². The van der Waals surface area contributed by atoms with Gasteiger partial charge in [-0.2, -0.15) is 0 Å². The number of rotatable bonds is 5. The second-order valence-electron chi connectivity index (χ2n) is 4.07. The maximum absolute atomic E-state index is 11.5. The van der Waals surface area contributed by atoms with E-state index in [1.165, 1.54) is 0 Å². The first kappa shape index (κ1) is 12.8. The van der Waals surface area contributed by atoms with Gasteiger partial charge in [0.1, 0.15) is 0 Å². The topological polar surface area (TPSA) is 42.0 Å². The van der Waals surface area contributed by atoms with E-state index in [9.17, 15) is 4.79 Å². The zero-order valence-electron chi connectivity index (χ0n) is 10.6. The maximum atomic E-state index is 11.5. The van der Waals surface area contributed by atoms with Gasteiger partial charge in [-0.15, -0.1) is 11.3 Å². The summed E-state index contributed by atoms with van der Waals surface area (Å²) in [6, 6.07) is 7.59. The number of carbonyl (C=O) groups excluding carboxylic acids is 1. The Balaban J connectivity index is 1.96. The van der Waals surface area contributed by atoms with Gasteiger partial charge in [0, 0.05) is 23.1 Å². The minimum Gasteiger partial charge on any atom is -0.379 e. The normalized spacial score (nSPS) is 10.3. The number of nitrogens with one attached hydrogen (secondary N) is 1. The average Bonchev–Trinajstić information content (AvgIpc) is 2.82. The van der Waals surface area contributed by atoms with Gasteiger partial charge in [0.25, 0.3) is 0 Å². The van der Waals surface area contributed by atoms with E-state index in [2.05, 4.69) is 15.7 Å². The summed E-state index contributed by atoms with van der Waals surface area (Å²) in [5.41, 5.74) is 2.83. The number of ketones is 1. The molecule has 1 heterocycles. The number of thiazole rings is 1. The van der Waals surface area contributed by atoms with Crippen molar-refractivity contribution in [1.29, 1.82) is 0 Å². The Kier molecular flexibility index (Phi) is 4.10. The van der Waals surface area contributed by atoms with Crippen LogP contribution < -0.4 is 5.32 Å². The molecule has 0 radical (unpaired) electrons. The number of anilines is 1. The van der Waals surface area contributed by atoms with E-state index < -0.39 is 0 Å². The Morgan fingerprint density at radius 2 is 2.06 bits per heavy atom. The van der Waals surface area contributed by atoms with Gasteiger partial charge < -0.3 is 5.32 Å². The summed E-state index contributed by atoms with van der Waals surface area (Å²) in [7, 11) is 0. The van der Waals surface area contributed by atoms with E-state index in [1.54, 1.807) is 11.3 Å². The van der Waals surface area contributed by atoms with Crippen LogP contribution in [-0.2, 0) is 6.54 Å². The van der Waals surface area contributed by atoms with Gasteiger partial charge in [-0.05, 0) is 31.2 Å². The summed E-state index contributed by atoms with van der Waals surface area (Å²) < 4.78 is 0. The van der Waals surface area contributed by atoms with Crippen LogP contribution in [0.3, 0.4) is 0 Å². The van der Waals surface area contributed by atoms with Gasteiger partial charge in [0.05, 0.1) is 17.2 Å². The fourth-order valence-corrected chi connectivity index (χ4v) is 2.27. The van der Waals surface area contributed by atoms with Crippen LogP contribution >= 0.6 is 11.3 Å². The number of nitrogens with zero attached hydrogens (tertiary/aromatic N) is 1. The molecule has 0 atom stereocenters. The number of carbonyl (C=O) groups is 1. The summed E-state index contributed by atoms with van der Waals surface area (Å²) in [4.78, 5) is 15.9. The molecule has 0 aliphatic rings. The van der Waals surface area contributed by atoms with Gasteiger partial charge in [0.2, 0.25) is 0 Å². The van der Waals surface area contributed by atoms with E-state index >= 15 is 0 Å². The Morgan fingerprint density at radius 3 is 2.61 bits per heavy atom. The Bertz CT molecular complexity index is 531. The monoisotopic (exact) mass is 260 g/mol. The third kappa shape index (κ3) is 3.17. The van der Waals surface area contributed by atoms with E-state index in [4.69, 9.17) is 0 Å². The van der Waals surface area contributed by atoms with Crippen LogP contribution in [0.15, 0.2) is 29.6 Å². The van der Waals surface area contributed by atoms with Crippen LogP contribution in [0.1, 0.15) is 34.4 Å². The highest BCUT2D eigenvalue weighted by molar-refractivity contribution is 7.09. The molecule has 0 unspecified atom stereocenters. The quantitative estimate of drug-likeness (QED) is 0.834. The predicted octanol–water partition coefficient (Wildman–Crippen LogP) is 3.66. The third-order valence-corrected chi connectivity index (χ3v) is 3.49. The highest BCUT2D eigenvalue weighted by Crippen LogP contribution is 2.13. The van der Waals surface area contributed by atoms with Crippen molar-refractivity contribution >= 4 is 22.8 Å². The van der Waals surface area contributed by atoms with Crippen molar-refractivity contribution in [2.24, 2.45) is 0 Å². The van der Waals surface area contributed by atoms with Crippen LogP contribution in [0.2, 0.25) is 0 Å². The summed E-state index contributed by atoms with van der Waals surface area (Å²) in [6.45, 7) is 4.59. The molecule has 0 fully saturated rings. The lowest BCUT2D eigenvalue weighted by molar-refractivity contribution is 0.0988. The van der Waals surface area contributed by atoms with Gasteiger partial charge in [-0.25, -0.2) is 4.98 Å². The number of Topliss-reactive ketones (excluding diaryl/α,β-unsaturated/α-hetero) is 1. The highest BCUT2D eigenvalue weighted by atomic mass is 32.1. The molecule has 1 N–H and O–H groups in total. The lowest BCUT2D eigenvalue weighted by atomic mass is 10.1. The van der Waals surface area contributed by atoms with Crippen LogP contribution in [0, 0.1) is 6.92 Å². The molecule has 1 aromatic heterocycles. The molecular weight excluding hydrogens is 244 g/mol. The van der Waals surface area contributed by atoms with Crippen molar-refractivity contribution in [3.05, 3.63) is 45.9 Å². The van der Waals surface area contributed by atoms with Crippen molar-refractivity contribution in [3.63, 3.8) is 0 Å². The maximum Gasteiger partial charge on any atom is 0.162 e. The molecule has 0 bridgehead atoms. The number of hydrogen-bond acceptors (Lipinski definition) is 4. The van der Waals surface area contributed by atoms with Crippen molar-refractivity contribution in [2.45, 2.75) is 26.8 Å². The van der Waals surface area contributed by atoms with Crippen molar-refractivity contribution < 1.29 is 4.79 Å². The third-order valence-electron chi connectivity index (χ3n) is 2.67. The first-order chi connectivity index (χ1) is 8.69.